The highest BCUT2D eigenvalue weighted by atomic mass is 79.9. The molecule has 0 radical (unpaired) electrons. The quantitative estimate of drug-likeness (QED) is 0.860. The Balaban J connectivity index is 2.09. The molecule has 0 spiro atoms. The maximum Gasteiger partial charge on any atom is 0.119 e. The van der Waals surface area contributed by atoms with Gasteiger partial charge in [-0.1, -0.05) is 28.8 Å². The molecule has 1 aliphatic carbocycles. The Kier molecular flexibility index (Phi) is 4.46. The fraction of sp³-hybridized carbons (Fsp3) is 0.571. The first-order chi connectivity index (χ1) is 8.24. The van der Waals surface area contributed by atoms with Crippen molar-refractivity contribution in [3.8, 4) is 5.75 Å². The molecule has 2 nitrogen and oxygen atoms in total. The predicted octanol–water partition coefficient (Wildman–Crippen LogP) is 3.91. The van der Waals surface area contributed by atoms with Crippen LogP contribution in [-0.2, 0) is 0 Å². The number of nitrogens with one attached hydrogen (secondary N) is 1. The van der Waals surface area contributed by atoms with E-state index in [1.165, 1.54) is 31.2 Å². The second-order valence-corrected chi connectivity index (χ2v) is 5.60. The summed E-state index contributed by atoms with van der Waals surface area (Å²) in [4.78, 5) is 0. The molecule has 1 atom stereocenters. The molecular weight excluding hydrogens is 278 g/mol. The van der Waals surface area contributed by atoms with E-state index in [1.807, 2.05) is 13.1 Å². The molecule has 0 aliphatic heterocycles. The lowest BCUT2D eigenvalue weighted by Gasteiger charge is -2.19. The third kappa shape index (κ3) is 3.46. The fourth-order valence-corrected chi connectivity index (χ4v) is 2.70. The van der Waals surface area contributed by atoms with Gasteiger partial charge < -0.3 is 10.1 Å². The Morgan fingerprint density at radius 3 is 2.82 bits per heavy atom. The van der Waals surface area contributed by atoms with Gasteiger partial charge in [-0.15, -0.1) is 0 Å². The lowest BCUT2D eigenvalue weighted by Crippen LogP contribution is -2.17. The molecule has 1 aromatic carbocycles. The van der Waals surface area contributed by atoms with Crippen LogP contribution < -0.4 is 10.1 Å². The lowest BCUT2D eigenvalue weighted by atomic mass is 10.0. The Labute approximate surface area is 112 Å². The van der Waals surface area contributed by atoms with Gasteiger partial charge in [-0.25, -0.2) is 0 Å². The van der Waals surface area contributed by atoms with Crippen LogP contribution in [0.25, 0.3) is 0 Å². The molecule has 1 aliphatic rings. The van der Waals surface area contributed by atoms with Crippen LogP contribution in [0.2, 0.25) is 0 Å². The first kappa shape index (κ1) is 12.9. The van der Waals surface area contributed by atoms with Crippen LogP contribution in [0.5, 0.6) is 5.75 Å². The molecule has 3 heteroatoms. The summed E-state index contributed by atoms with van der Waals surface area (Å²) in [7, 11) is 3.75. The van der Waals surface area contributed by atoms with E-state index in [0.29, 0.717) is 6.04 Å². The van der Waals surface area contributed by atoms with Crippen molar-refractivity contribution < 1.29 is 4.74 Å². The number of hydrogen-bond donors (Lipinski definition) is 1. The van der Waals surface area contributed by atoms with Gasteiger partial charge in [0.2, 0.25) is 0 Å². The summed E-state index contributed by atoms with van der Waals surface area (Å²) in [6, 6.07) is 6.59. The standard InChI is InChI=1S/C14H20BrNO/c1-16-14(8-5-10-3-4-10)12-9-11(17-2)6-7-13(12)15/h6-7,9-10,14,16H,3-5,8H2,1-2H3. The molecule has 2 rings (SSSR count). The molecular formula is C14H20BrNO. The summed E-state index contributed by atoms with van der Waals surface area (Å²) in [5.41, 5.74) is 1.30. The van der Waals surface area contributed by atoms with Crippen molar-refractivity contribution in [3.63, 3.8) is 0 Å². The minimum Gasteiger partial charge on any atom is -0.497 e. The molecule has 0 aromatic heterocycles. The highest BCUT2D eigenvalue weighted by Gasteiger charge is 2.23. The minimum atomic E-state index is 0.417. The molecule has 1 N–H and O–H groups in total. The number of hydrogen-bond acceptors (Lipinski definition) is 2. The topological polar surface area (TPSA) is 21.3 Å². The van der Waals surface area contributed by atoms with Gasteiger partial charge >= 0.3 is 0 Å². The van der Waals surface area contributed by atoms with Gasteiger partial charge in [0.05, 0.1) is 7.11 Å². The van der Waals surface area contributed by atoms with E-state index in [0.717, 1.165) is 16.1 Å². The molecule has 0 heterocycles. The summed E-state index contributed by atoms with van der Waals surface area (Å²) >= 11 is 3.63. The minimum absolute atomic E-state index is 0.417. The Morgan fingerprint density at radius 2 is 2.24 bits per heavy atom. The van der Waals surface area contributed by atoms with Crippen LogP contribution >= 0.6 is 15.9 Å². The van der Waals surface area contributed by atoms with E-state index in [-0.39, 0.29) is 0 Å². The molecule has 94 valence electrons. The molecule has 0 saturated heterocycles. The zero-order valence-electron chi connectivity index (χ0n) is 10.5. The average molecular weight is 298 g/mol. The smallest absolute Gasteiger partial charge is 0.119 e. The number of rotatable bonds is 6. The van der Waals surface area contributed by atoms with Gasteiger partial charge in [-0.05, 0) is 49.6 Å². The third-order valence-corrected chi connectivity index (χ3v) is 4.21. The van der Waals surface area contributed by atoms with Crippen LogP contribution in [0.3, 0.4) is 0 Å². The molecule has 17 heavy (non-hydrogen) atoms. The van der Waals surface area contributed by atoms with Crippen molar-refractivity contribution in [2.45, 2.75) is 31.7 Å². The first-order valence-corrected chi connectivity index (χ1v) is 7.04. The summed E-state index contributed by atoms with van der Waals surface area (Å²) in [5, 5.41) is 3.41. The monoisotopic (exact) mass is 297 g/mol. The molecule has 0 bridgehead atoms. The van der Waals surface area contributed by atoms with E-state index in [2.05, 4.69) is 33.4 Å². The maximum absolute atomic E-state index is 5.29. The largest absolute Gasteiger partial charge is 0.497 e. The van der Waals surface area contributed by atoms with Gasteiger partial charge in [0.1, 0.15) is 5.75 Å². The van der Waals surface area contributed by atoms with Crippen LogP contribution in [0.15, 0.2) is 22.7 Å². The highest BCUT2D eigenvalue weighted by Crippen LogP contribution is 2.37. The average Bonchev–Trinajstić information content (AvgIpc) is 3.16. The first-order valence-electron chi connectivity index (χ1n) is 6.25. The normalized spacial score (nSPS) is 16.9. The summed E-state index contributed by atoms with van der Waals surface area (Å²) < 4.78 is 6.45. The second kappa shape index (κ2) is 5.87. The number of benzene rings is 1. The third-order valence-electron chi connectivity index (χ3n) is 3.49. The second-order valence-electron chi connectivity index (χ2n) is 4.75. The molecule has 1 fully saturated rings. The highest BCUT2D eigenvalue weighted by molar-refractivity contribution is 9.10. The van der Waals surface area contributed by atoms with E-state index < -0.39 is 0 Å². The zero-order chi connectivity index (χ0) is 12.3. The van der Waals surface area contributed by atoms with Crippen LogP contribution in [-0.4, -0.2) is 14.2 Å². The predicted molar refractivity (Wildman–Crippen MR) is 74.5 cm³/mol. The van der Waals surface area contributed by atoms with Gasteiger partial charge in [-0.3, -0.25) is 0 Å². The van der Waals surface area contributed by atoms with Crippen LogP contribution in [0.4, 0.5) is 0 Å². The maximum atomic E-state index is 5.29. The van der Waals surface area contributed by atoms with Crippen LogP contribution in [0, 0.1) is 5.92 Å². The zero-order valence-corrected chi connectivity index (χ0v) is 12.1. The van der Waals surface area contributed by atoms with Crippen molar-refractivity contribution in [2.75, 3.05) is 14.2 Å². The summed E-state index contributed by atoms with van der Waals surface area (Å²) in [5.74, 6) is 1.91. The van der Waals surface area contributed by atoms with E-state index in [9.17, 15) is 0 Å². The summed E-state index contributed by atoms with van der Waals surface area (Å²) in [6.07, 6.45) is 5.38. The summed E-state index contributed by atoms with van der Waals surface area (Å²) in [6.45, 7) is 0. The van der Waals surface area contributed by atoms with E-state index >= 15 is 0 Å². The molecule has 1 unspecified atom stereocenters. The molecule has 0 amide bonds. The Bertz CT molecular complexity index is 376. The Morgan fingerprint density at radius 1 is 1.47 bits per heavy atom. The van der Waals surface area contributed by atoms with Crippen molar-refractivity contribution >= 4 is 15.9 Å². The fourth-order valence-electron chi connectivity index (χ4n) is 2.18. The van der Waals surface area contributed by atoms with E-state index in [4.69, 9.17) is 4.74 Å². The van der Waals surface area contributed by atoms with Crippen molar-refractivity contribution in [1.29, 1.82) is 0 Å². The van der Waals surface area contributed by atoms with E-state index in [1.54, 1.807) is 7.11 Å². The van der Waals surface area contributed by atoms with Gasteiger partial charge in [-0.2, -0.15) is 0 Å². The number of methoxy groups -OCH3 is 1. The van der Waals surface area contributed by atoms with Gasteiger partial charge in [0, 0.05) is 10.5 Å². The lowest BCUT2D eigenvalue weighted by molar-refractivity contribution is 0.412. The van der Waals surface area contributed by atoms with Gasteiger partial charge in [0.15, 0.2) is 0 Å². The molecule has 1 saturated carbocycles. The Hall–Kier alpha value is -0.540. The van der Waals surface area contributed by atoms with Crippen molar-refractivity contribution in [2.24, 2.45) is 5.92 Å². The van der Waals surface area contributed by atoms with Crippen molar-refractivity contribution in [1.82, 2.24) is 5.32 Å². The van der Waals surface area contributed by atoms with Crippen LogP contribution in [0.1, 0.15) is 37.3 Å². The number of halogens is 1. The number of ether oxygens (including phenoxy) is 1. The SMILES string of the molecule is CNC(CCC1CC1)c1cc(OC)ccc1Br. The van der Waals surface area contributed by atoms with Gasteiger partial charge in [0.25, 0.3) is 0 Å². The van der Waals surface area contributed by atoms with Crippen molar-refractivity contribution in [3.05, 3.63) is 28.2 Å². The molecule has 1 aromatic rings.